The van der Waals surface area contributed by atoms with Gasteiger partial charge in [-0.05, 0) is 19.8 Å². The van der Waals surface area contributed by atoms with E-state index in [1.54, 1.807) is 0 Å². The monoisotopic (exact) mass is 284 g/mol. The van der Waals surface area contributed by atoms with Crippen LogP contribution in [0.15, 0.2) is 5.16 Å². The van der Waals surface area contributed by atoms with Gasteiger partial charge >= 0.3 is 0 Å². The van der Waals surface area contributed by atoms with Gasteiger partial charge in [-0.3, -0.25) is 9.69 Å². The molecule has 1 aliphatic heterocycles. The number of nitrogens with zero attached hydrogens (tertiary/aromatic N) is 3. The highest BCUT2D eigenvalue weighted by Gasteiger charge is 2.30. The molecule has 1 heterocycles. The number of rotatable bonds is 6. The lowest BCUT2D eigenvalue weighted by atomic mass is 10.00. The number of amides is 1. The Balaban J connectivity index is 2.60. The summed E-state index contributed by atoms with van der Waals surface area (Å²) in [6.45, 7) is 9.63. The predicted molar refractivity (Wildman–Crippen MR) is 79.7 cm³/mol. The molecule has 0 saturated carbocycles. The zero-order chi connectivity index (χ0) is 15.1. The van der Waals surface area contributed by atoms with Gasteiger partial charge in [0.1, 0.15) is 0 Å². The summed E-state index contributed by atoms with van der Waals surface area (Å²) in [6.07, 6.45) is 2.58. The second kappa shape index (κ2) is 8.09. The zero-order valence-electron chi connectivity index (χ0n) is 12.9. The van der Waals surface area contributed by atoms with Crippen LogP contribution in [0.4, 0.5) is 0 Å². The maximum absolute atomic E-state index is 12.5. The Labute approximate surface area is 121 Å². The van der Waals surface area contributed by atoms with Crippen LogP contribution in [0.25, 0.3) is 0 Å². The summed E-state index contributed by atoms with van der Waals surface area (Å²) < 4.78 is 0. The summed E-state index contributed by atoms with van der Waals surface area (Å²) in [4.78, 5) is 16.7. The normalized spacial score (nSPS) is 20.8. The Morgan fingerprint density at radius 2 is 1.90 bits per heavy atom. The summed E-state index contributed by atoms with van der Waals surface area (Å²) in [7, 11) is 0. The van der Waals surface area contributed by atoms with E-state index >= 15 is 0 Å². The minimum Gasteiger partial charge on any atom is -0.409 e. The van der Waals surface area contributed by atoms with Gasteiger partial charge in [-0.2, -0.15) is 0 Å². The van der Waals surface area contributed by atoms with E-state index in [9.17, 15) is 4.79 Å². The highest BCUT2D eigenvalue weighted by Crippen LogP contribution is 2.15. The molecule has 1 saturated heterocycles. The van der Waals surface area contributed by atoms with Crippen molar-refractivity contribution in [3.8, 4) is 0 Å². The first-order chi connectivity index (χ1) is 9.54. The van der Waals surface area contributed by atoms with E-state index in [0.717, 1.165) is 39.0 Å². The third-order valence-corrected chi connectivity index (χ3v) is 4.19. The Hall–Kier alpha value is -1.30. The Morgan fingerprint density at radius 3 is 2.35 bits per heavy atom. The zero-order valence-corrected chi connectivity index (χ0v) is 12.9. The van der Waals surface area contributed by atoms with Crippen LogP contribution in [0, 0.1) is 5.92 Å². The fraction of sp³-hybridized carbons (Fsp3) is 0.857. The molecule has 1 rings (SSSR count). The van der Waals surface area contributed by atoms with Crippen LogP contribution in [0.5, 0.6) is 0 Å². The lowest BCUT2D eigenvalue weighted by molar-refractivity contribution is -0.135. The van der Waals surface area contributed by atoms with Crippen LogP contribution in [0.2, 0.25) is 0 Å². The molecule has 0 bridgehead atoms. The number of amidine groups is 1. The van der Waals surface area contributed by atoms with Gasteiger partial charge in [0.2, 0.25) is 5.91 Å². The SMILES string of the molecule is CCCC(C(=O)N1CCN(C(C)CC)CC1)C(N)=NO. The van der Waals surface area contributed by atoms with Crippen molar-refractivity contribution in [2.45, 2.75) is 46.1 Å². The number of nitrogens with two attached hydrogens (primary N) is 1. The number of hydrogen-bond acceptors (Lipinski definition) is 4. The lowest BCUT2D eigenvalue weighted by Crippen LogP contribution is -2.53. The number of hydrogen-bond donors (Lipinski definition) is 2. The van der Waals surface area contributed by atoms with Gasteiger partial charge in [0.25, 0.3) is 0 Å². The van der Waals surface area contributed by atoms with Crippen molar-refractivity contribution in [1.82, 2.24) is 9.80 Å². The molecule has 6 heteroatoms. The van der Waals surface area contributed by atoms with E-state index in [2.05, 4.69) is 23.9 Å². The van der Waals surface area contributed by atoms with E-state index in [4.69, 9.17) is 10.9 Å². The average Bonchev–Trinajstić information content (AvgIpc) is 2.50. The summed E-state index contributed by atoms with van der Waals surface area (Å²) in [5.74, 6) is -0.465. The summed E-state index contributed by atoms with van der Waals surface area (Å²) in [5, 5.41) is 11.8. The molecule has 0 spiro atoms. The number of carbonyl (C=O) groups is 1. The minimum absolute atomic E-state index is 0.00838. The van der Waals surface area contributed by atoms with Gasteiger partial charge in [0.05, 0.1) is 5.92 Å². The van der Waals surface area contributed by atoms with Crippen LogP contribution >= 0.6 is 0 Å². The molecule has 1 fully saturated rings. The Bertz CT molecular complexity index is 338. The summed E-state index contributed by atoms with van der Waals surface area (Å²) >= 11 is 0. The van der Waals surface area contributed by atoms with Gasteiger partial charge in [0.15, 0.2) is 5.84 Å². The van der Waals surface area contributed by atoms with E-state index in [-0.39, 0.29) is 11.7 Å². The second-order valence-electron chi connectivity index (χ2n) is 5.48. The maximum Gasteiger partial charge on any atom is 0.233 e. The highest BCUT2D eigenvalue weighted by atomic mass is 16.4. The summed E-state index contributed by atoms with van der Waals surface area (Å²) in [6, 6.07) is 0.558. The minimum atomic E-state index is -0.486. The standard InChI is InChI=1S/C14H28N4O2/c1-4-6-12(13(15)16-20)14(19)18-9-7-17(8-10-18)11(3)5-2/h11-12,20H,4-10H2,1-3H3,(H2,15,16). The molecule has 3 N–H and O–H groups in total. The molecule has 2 atom stereocenters. The first-order valence-electron chi connectivity index (χ1n) is 7.55. The number of carbonyl (C=O) groups excluding carboxylic acids is 1. The van der Waals surface area contributed by atoms with Crippen LogP contribution in [-0.2, 0) is 4.79 Å². The Kier molecular flexibility index (Phi) is 6.78. The smallest absolute Gasteiger partial charge is 0.233 e. The molecule has 0 aromatic rings. The molecule has 1 amide bonds. The van der Waals surface area contributed by atoms with Gasteiger partial charge in [-0.15, -0.1) is 0 Å². The second-order valence-corrected chi connectivity index (χ2v) is 5.48. The van der Waals surface area contributed by atoms with Crippen LogP contribution in [-0.4, -0.2) is 59.0 Å². The van der Waals surface area contributed by atoms with Gasteiger partial charge in [0, 0.05) is 32.2 Å². The molecule has 20 heavy (non-hydrogen) atoms. The number of oxime groups is 1. The lowest BCUT2D eigenvalue weighted by Gasteiger charge is -2.38. The number of piperazine rings is 1. The van der Waals surface area contributed by atoms with E-state index in [1.807, 2.05) is 11.8 Å². The van der Waals surface area contributed by atoms with E-state index in [0.29, 0.717) is 12.5 Å². The molecule has 116 valence electrons. The van der Waals surface area contributed by atoms with Crippen molar-refractivity contribution < 1.29 is 10.0 Å². The van der Waals surface area contributed by atoms with Crippen molar-refractivity contribution >= 4 is 11.7 Å². The maximum atomic E-state index is 12.5. The van der Waals surface area contributed by atoms with Crippen molar-refractivity contribution in [3.63, 3.8) is 0 Å². The largest absolute Gasteiger partial charge is 0.409 e. The fourth-order valence-electron chi connectivity index (χ4n) is 2.62. The quantitative estimate of drug-likeness (QED) is 0.331. The van der Waals surface area contributed by atoms with Gasteiger partial charge in [-0.25, -0.2) is 0 Å². The van der Waals surface area contributed by atoms with Crippen LogP contribution in [0.3, 0.4) is 0 Å². The molecular weight excluding hydrogens is 256 g/mol. The molecule has 2 unspecified atom stereocenters. The first kappa shape index (κ1) is 16.8. The molecular formula is C14H28N4O2. The highest BCUT2D eigenvalue weighted by molar-refractivity contribution is 6.02. The molecule has 0 radical (unpaired) electrons. The fourth-order valence-corrected chi connectivity index (χ4v) is 2.62. The molecule has 0 aromatic carbocycles. The molecule has 6 nitrogen and oxygen atoms in total. The molecule has 0 aliphatic carbocycles. The third-order valence-electron chi connectivity index (χ3n) is 4.19. The van der Waals surface area contributed by atoms with Gasteiger partial charge in [-0.1, -0.05) is 25.4 Å². The van der Waals surface area contributed by atoms with Crippen molar-refractivity contribution in [3.05, 3.63) is 0 Å². The van der Waals surface area contributed by atoms with E-state index in [1.165, 1.54) is 0 Å². The van der Waals surface area contributed by atoms with Crippen molar-refractivity contribution in [2.24, 2.45) is 16.8 Å². The molecule has 1 aliphatic rings. The van der Waals surface area contributed by atoms with Crippen molar-refractivity contribution in [2.75, 3.05) is 26.2 Å². The van der Waals surface area contributed by atoms with E-state index < -0.39 is 5.92 Å². The van der Waals surface area contributed by atoms with Gasteiger partial charge < -0.3 is 15.8 Å². The van der Waals surface area contributed by atoms with Crippen LogP contribution in [0.1, 0.15) is 40.0 Å². The third kappa shape index (κ3) is 4.10. The average molecular weight is 284 g/mol. The topological polar surface area (TPSA) is 82.2 Å². The predicted octanol–water partition coefficient (Wildman–Crippen LogP) is 1.09. The van der Waals surface area contributed by atoms with Crippen molar-refractivity contribution in [1.29, 1.82) is 0 Å². The summed E-state index contributed by atoms with van der Waals surface area (Å²) in [5.41, 5.74) is 5.65. The Morgan fingerprint density at radius 1 is 1.30 bits per heavy atom. The molecule has 0 aromatic heterocycles. The van der Waals surface area contributed by atoms with Crippen LogP contribution < -0.4 is 5.73 Å². The first-order valence-corrected chi connectivity index (χ1v) is 7.55.